The van der Waals surface area contributed by atoms with Gasteiger partial charge < -0.3 is 44.2 Å². The van der Waals surface area contributed by atoms with Crippen molar-refractivity contribution in [2.45, 2.75) is 76.2 Å². The van der Waals surface area contributed by atoms with E-state index in [2.05, 4.69) is 18.0 Å². The van der Waals surface area contributed by atoms with Crippen LogP contribution in [-0.4, -0.2) is 85.4 Å². The van der Waals surface area contributed by atoms with Crippen LogP contribution in [-0.2, 0) is 20.9 Å². The first-order valence-corrected chi connectivity index (χ1v) is 18.3. The van der Waals surface area contributed by atoms with Crippen molar-refractivity contribution in [2.24, 2.45) is 22.9 Å². The van der Waals surface area contributed by atoms with Crippen molar-refractivity contribution in [3.8, 4) is 11.5 Å². The lowest BCUT2D eigenvalue weighted by Crippen LogP contribution is -2.69. The molecule has 1 fully saturated rings. The van der Waals surface area contributed by atoms with Crippen LogP contribution < -0.4 is 14.8 Å². The lowest BCUT2D eigenvalue weighted by atomic mass is 9.55. The maximum absolute atomic E-state index is 13.3. The largest absolute Gasteiger partial charge is 0.459 e. The van der Waals surface area contributed by atoms with E-state index in [0.29, 0.717) is 36.6 Å². The molecule has 12 heteroatoms. The van der Waals surface area contributed by atoms with Gasteiger partial charge in [-0.3, -0.25) is 0 Å². The Hall–Kier alpha value is -4.39. The number of hydrogen-bond acceptors (Lipinski definition) is 10. The van der Waals surface area contributed by atoms with Crippen LogP contribution in [0, 0.1) is 17.8 Å². The number of carbonyl (C=O) groups is 2. The maximum Gasteiger partial charge on any atom is 0.412 e. The smallest absolute Gasteiger partial charge is 0.412 e. The molecule has 52 heavy (non-hydrogen) atoms. The van der Waals surface area contributed by atoms with Crippen molar-refractivity contribution in [1.82, 2.24) is 10.2 Å². The van der Waals surface area contributed by atoms with Crippen molar-refractivity contribution in [1.29, 1.82) is 0 Å². The van der Waals surface area contributed by atoms with E-state index in [9.17, 15) is 19.8 Å². The molecule has 282 valence electrons. The first-order valence-electron chi connectivity index (χ1n) is 18.3. The van der Waals surface area contributed by atoms with E-state index in [1.807, 2.05) is 43.3 Å². The number of nitrogens with one attached hydrogen (secondary N) is 1. The molecule has 0 spiro atoms. The van der Waals surface area contributed by atoms with Gasteiger partial charge in [-0.1, -0.05) is 60.5 Å². The molecule has 6 atom stereocenters. The Kier molecular flexibility index (Phi) is 13.7. The molecule has 1 heterocycles. The van der Waals surface area contributed by atoms with E-state index in [-0.39, 0.29) is 50.6 Å². The van der Waals surface area contributed by atoms with Crippen LogP contribution in [0.2, 0.25) is 0 Å². The van der Waals surface area contributed by atoms with Crippen LogP contribution in [0.3, 0.4) is 0 Å². The summed E-state index contributed by atoms with van der Waals surface area (Å²) in [6.45, 7) is 6.74. The number of ether oxygens (including phenoxy) is 4. The number of aliphatic hydroxyl groups excluding tert-OH is 2. The molecule has 2 aromatic rings. The zero-order valence-corrected chi connectivity index (χ0v) is 30.5. The minimum absolute atomic E-state index is 0.0294. The molecule has 3 N–H and O–H groups in total. The topological polar surface area (TPSA) is 148 Å². The number of hydrogen-bond donors (Lipinski definition) is 3. The van der Waals surface area contributed by atoms with Gasteiger partial charge in [0.25, 0.3) is 0 Å². The molecule has 6 unspecified atom stereocenters. The Morgan fingerprint density at radius 2 is 1.85 bits per heavy atom. The maximum atomic E-state index is 13.3. The second kappa shape index (κ2) is 18.4. The summed E-state index contributed by atoms with van der Waals surface area (Å²) < 4.78 is 24.8. The highest BCUT2D eigenvalue weighted by Crippen LogP contribution is 2.61. The predicted octanol–water partition coefficient (Wildman–Crippen LogP) is 6.33. The number of amides is 2. The molecule has 12 nitrogen and oxygen atoms in total. The minimum Gasteiger partial charge on any atom is -0.459 e. The summed E-state index contributed by atoms with van der Waals surface area (Å²) in [5, 5.41) is 27.0. The standard InChI is InChI=1S/C40H53N3O9/c1-5-22-49-40-35(43(3)39(47)48-4)25-33(42-50-26-27-14-8-7-9-15-27)31-23-28(16-10-12-20-44)30(17-11-13-21-45)36(37(31)40)32-24-29(18-19-34(32)52-40)51-38(46)41-6-2/h5,7-9,14-15,18-19,23-24,28,30,35-37,44-45H,1,6,10-13,16-17,20-22,25-26H2,2-4H3,(H,41,46). The van der Waals surface area contributed by atoms with Crippen molar-refractivity contribution < 1.29 is 43.6 Å². The molecule has 0 radical (unpaired) electrons. The molecule has 2 aromatic carbocycles. The second-order valence-corrected chi connectivity index (χ2v) is 13.5. The Labute approximate surface area is 306 Å². The fraction of sp³-hybridized carbons (Fsp3) is 0.525. The third-order valence-electron chi connectivity index (χ3n) is 10.4. The molecule has 0 bridgehead atoms. The molecule has 2 aliphatic carbocycles. The van der Waals surface area contributed by atoms with Gasteiger partial charge in [0.1, 0.15) is 24.1 Å². The average molecular weight is 720 g/mol. The molecule has 3 aliphatic rings. The van der Waals surface area contributed by atoms with E-state index in [4.69, 9.17) is 28.9 Å². The van der Waals surface area contributed by atoms with E-state index in [1.165, 1.54) is 12.0 Å². The van der Waals surface area contributed by atoms with Crippen LogP contribution in [0.15, 0.2) is 78.0 Å². The summed E-state index contributed by atoms with van der Waals surface area (Å²) in [7, 11) is 3.01. The predicted molar refractivity (Wildman–Crippen MR) is 196 cm³/mol. The fourth-order valence-corrected chi connectivity index (χ4v) is 8.11. The van der Waals surface area contributed by atoms with E-state index < -0.39 is 29.9 Å². The molecule has 2 amide bonds. The van der Waals surface area contributed by atoms with Crippen LogP contribution in [0.5, 0.6) is 11.5 Å². The third-order valence-corrected chi connectivity index (χ3v) is 10.4. The fourth-order valence-electron chi connectivity index (χ4n) is 8.11. The van der Waals surface area contributed by atoms with Crippen molar-refractivity contribution in [3.05, 3.63) is 84.0 Å². The quantitative estimate of drug-likeness (QED) is 0.0970. The zero-order chi connectivity index (χ0) is 37.1. The van der Waals surface area contributed by atoms with Crippen molar-refractivity contribution >= 4 is 17.9 Å². The van der Waals surface area contributed by atoms with Gasteiger partial charge in [-0.25, -0.2) is 9.59 Å². The summed E-state index contributed by atoms with van der Waals surface area (Å²) in [4.78, 5) is 33.4. The number of methoxy groups -OCH3 is 1. The Morgan fingerprint density at radius 1 is 1.10 bits per heavy atom. The van der Waals surface area contributed by atoms with Gasteiger partial charge >= 0.3 is 12.2 Å². The molecular formula is C40H53N3O9. The van der Waals surface area contributed by atoms with E-state index in [1.54, 1.807) is 25.3 Å². The second-order valence-electron chi connectivity index (χ2n) is 13.5. The molecule has 5 rings (SSSR count). The Balaban J connectivity index is 1.73. The highest BCUT2D eigenvalue weighted by Gasteiger charge is 2.65. The third kappa shape index (κ3) is 8.46. The lowest BCUT2D eigenvalue weighted by Gasteiger charge is -2.59. The van der Waals surface area contributed by atoms with Crippen molar-refractivity contribution in [3.63, 3.8) is 0 Å². The monoisotopic (exact) mass is 719 g/mol. The van der Waals surface area contributed by atoms with Gasteiger partial charge in [-0.15, -0.1) is 6.58 Å². The number of likely N-dealkylation sites (N-methyl/N-ethyl adjacent to an activating group) is 1. The van der Waals surface area contributed by atoms with Crippen molar-refractivity contribution in [2.75, 3.05) is 40.5 Å². The van der Waals surface area contributed by atoms with Crippen LogP contribution in [0.4, 0.5) is 9.59 Å². The molecular weight excluding hydrogens is 666 g/mol. The number of rotatable bonds is 17. The first-order chi connectivity index (χ1) is 25.3. The zero-order valence-electron chi connectivity index (χ0n) is 30.5. The number of fused-ring (bicyclic) bond motifs is 2. The lowest BCUT2D eigenvalue weighted by molar-refractivity contribution is -0.253. The van der Waals surface area contributed by atoms with Crippen LogP contribution in [0.25, 0.3) is 0 Å². The van der Waals surface area contributed by atoms with E-state index >= 15 is 0 Å². The molecule has 1 saturated carbocycles. The highest BCUT2D eigenvalue weighted by molar-refractivity contribution is 6.02. The number of aliphatic hydroxyl groups is 2. The number of oxime groups is 1. The number of unbranched alkanes of at least 4 members (excludes halogenated alkanes) is 2. The van der Waals surface area contributed by atoms with Gasteiger partial charge in [0.2, 0.25) is 5.79 Å². The summed E-state index contributed by atoms with van der Waals surface area (Å²) in [5.41, 5.74) is 3.39. The number of carbonyl (C=O) groups excluding carboxylic acids is 2. The highest BCUT2D eigenvalue weighted by atomic mass is 16.7. The van der Waals surface area contributed by atoms with Gasteiger partial charge in [0.15, 0.2) is 0 Å². The van der Waals surface area contributed by atoms with Crippen LogP contribution >= 0.6 is 0 Å². The number of benzene rings is 2. The first kappa shape index (κ1) is 38.8. The number of nitrogens with zero attached hydrogens (tertiary/aromatic N) is 2. The van der Waals surface area contributed by atoms with Gasteiger partial charge in [-0.05, 0) is 73.8 Å². The normalized spacial score (nSPS) is 25.1. The average Bonchev–Trinajstić information content (AvgIpc) is 3.15. The van der Waals surface area contributed by atoms with Gasteiger partial charge in [0, 0.05) is 44.7 Å². The Morgan fingerprint density at radius 3 is 2.54 bits per heavy atom. The van der Waals surface area contributed by atoms with Crippen LogP contribution in [0.1, 0.15) is 68.9 Å². The summed E-state index contributed by atoms with van der Waals surface area (Å²) >= 11 is 0. The molecule has 1 aliphatic heterocycles. The summed E-state index contributed by atoms with van der Waals surface area (Å²) in [5.74, 6) is -1.12. The minimum atomic E-state index is -1.40. The molecule has 0 saturated heterocycles. The van der Waals surface area contributed by atoms with E-state index in [0.717, 1.165) is 42.4 Å². The SMILES string of the molecule is C=CCOC12Oc3ccc(OC(=O)NCC)cc3C3C(CCCCO)C(CCCCO)C=C(C(=NOCc4ccccc4)CC1N(C)C(=O)OC)C32. The summed E-state index contributed by atoms with van der Waals surface area (Å²) in [6, 6.07) is 14.4. The van der Waals surface area contributed by atoms with Gasteiger partial charge in [-0.2, -0.15) is 0 Å². The Bertz CT molecular complexity index is 1580. The van der Waals surface area contributed by atoms with Gasteiger partial charge in [0.05, 0.1) is 25.3 Å². The summed E-state index contributed by atoms with van der Waals surface area (Å²) in [6.07, 6.45) is 7.56. The molecule has 0 aromatic heterocycles. The number of allylic oxidation sites excluding steroid dienone is 1.